The SMILES string of the molecule is c1ccc2cc(-c3cccc4cnccc34)ncc2c1. The second kappa shape index (κ2) is 4.42. The van der Waals surface area contributed by atoms with Crippen LogP contribution in [0.3, 0.4) is 0 Å². The zero-order valence-electron chi connectivity index (χ0n) is 10.8. The fourth-order valence-corrected chi connectivity index (χ4v) is 2.58. The molecule has 0 saturated heterocycles. The lowest BCUT2D eigenvalue weighted by Gasteiger charge is -2.07. The van der Waals surface area contributed by atoms with E-state index in [4.69, 9.17) is 0 Å². The van der Waals surface area contributed by atoms with Gasteiger partial charge in [-0.1, -0.05) is 42.5 Å². The van der Waals surface area contributed by atoms with Crippen LogP contribution in [0.1, 0.15) is 0 Å². The van der Waals surface area contributed by atoms with Gasteiger partial charge in [-0.3, -0.25) is 9.97 Å². The summed E-state index contributed by atoms with van der Waals surface area (Å²) in [6, 6.07) is 18.7. The van der Waals surface area contributed by atoms with Crippen LogP contribution in [-0.2, 0) is 0 Å². The maximum atomic E-state index is 4.61. The standard InChI is InChI=1S/C18H12N2/c1-2-5-14-12-20-18(10-13(14)4-1)17-7-3-6-15-11-19-9-8-16(15)17/h1-12H. The number of fused-ring (bicyclic) bond motifs is 2. The molecule has 0 amide bonds. The molecular formula is C18H12N2. The molecule has 2 aromatic carbocycles. The van der Waals surface area contributed by atoms with Crippen molar-refractivity contribution < 1.29 is 0 Å². The molecule has 20 heavy (non-hydrogen) atoms. The van der Waals surface area contributed by atoms with Crippen LogP contribution in [-0.4, -0.2) is 9.97 Å². The van der Waals surface area contributed by atoms with Gasteiger partial charge in [0.25, 0.3) is 0 Å². The van der Waals surface area contributed by atoms with Crippen molar-refractivity contribution in [2.75, 3.05) is 0 Å². The average molecular weight is 256 g/mol. The van der Waals surface area contributed by atoms with E-state index in [1.54, 1.807) is 0 Å². The molecule has 94 valence electrons. The van der Waals surface area contributed by atoms with Crippen molar-refractivity contribution in [1.82, 2.24) is 9.97 Å². The quantitative estimate of drug-likeness (QED) is 0.503. The first-order chi connectivity index (χ1) is 9.92. The maximum absolute atomic E-state index is 4.61. The van der Waals surface area contributed by atoms with E-state index in [-0.39, 0.29) is 0 Å². The van der Waals surface area contributed by atoms with Crippen molar-refractivity contribution in [3.8, 4) is 11.3 Å². The fraction of sp³-hybridized carbons (Fsp3) is 0. The molecule has 0 spiro atoms. The Kier molecular flexibility index (Phi) is 2.46. The highest BCUT2D eigenvalue weighted by molar-refractivity contribution is 5.97. The zero-order chi connectivity index (χ0) is 13.4. The lowest BCUT2D eigenvalue weighted by Crippen LogP contribution is -1.86. The van der Waals surface area contributed by atoms with Gasteiger partial charge in [0.05, 0.1) is 5.69 Å². The van der Waals surface area contributed by atoms with Crippen LogP contribution in [0.25, 0.3) is 32.8 Å². The van der Waals surface area contributed by atoms with Gasteiger partial charge < -0.3 is 0 Å². The average Bonchev–Trinajstić information content (AvgIpc) is 2.54. The first-order valence-electron chi connectivity index (χ1n) is 6.60. The highest BCUT2D eigenvalue weighted by Gasteiger charge is 2.05. The molecule has 0 aliphatic carbocycles. The van der Waals surface area contributed by atoms with Crippen LogP contribution in [0.4, 0.5) is 0 Å². The predicted octanol–water partition coefficient (Wildman–Crippen LogP) is 4.45. The van der Waals surface area contributed by atoms with Crippen LogP contribution in [0, 0.1) is 0 Å². The Morgan fingerprint density at radius 1 is 0.700 bits per heavy atom. The summed E-state index contributed by atoms with van der Waals surface area (Å²) >= 11 is 0. The number of rotatable bonds is 1. The summed E-state index contributed by atoms with van der Waals surface area (Å²) in [6.45, 7) is 0. The number of pyridine rings is 2. The molecule has 4 aromatic rings. The molecule has 0 bridgehead atoms. The molecule has 2 heterocycles. The molecule has 0 radical (unpaired) electrons. The van der Waals surface area contributed by atoms with Gasteiger partial charge in [-0.2, -0.15) is 0 Å². The first-order valence-corrected chi connectivity index (χ1v) is 6.60. The Balaban J connectivity index is 2.01. The molecule has 0 unspecified atom stereocenters. The molecule has 2 nitrogen and oxygen atoms in total. The molecule has 2 aromatic heterocycles. The summed E-state index contributed by atoms with van der Waals surface area (Å²) < 4.78 is 0. The lowest BCUT2D eigenvalue weighted by atomic mass is 10.0. The summed E-state index contributed by atoms with van der Waals surface area (Å²) in [7, 11) is 0. The van der Waals surface area contributed by atoms with Crippen molar-refractivity contribution in [3.05, 3.63) is 73.2 Å². The van der Waals surface area contributed by atoms with E-state index >= 15 is 0 Å². The van der Waals surface area contributed by atoms with Crippen molar-refractivity contribution in [1.29, 1.82) is 0 Å². The van der Waals surface area contributed by atoms with Crippen LogP contribution in [0.2, 0.25) is 0 Å². The maximum Gasteiger partial charge on any atom is 0.0714 e. The summed E-state index contributed by atoms with van der Waals surface area (Å²) in [5.74, 6) is 0. The van der Waals surface area contributed by atoms with Gasteiger partial charge in [0.1, 0.15) is 0 Å². The molecule has 0 N–H and O–H groups in total. The third-order valence-corrected chi connectivity index (χ3v) is 3.59. The highest BCUT2D eigenvalue weighted by atomic mass is 14.7. The molecule has 0 saturated carbocycles. The number of benzene rings is 2. The Morgan fingerprint density at radius 2 is 1.55 bits per heavy atom. The Bertz CT molecular complexity index is 908. The summed E-state index contributed by atoms with van der Waals surface area (Å²) in [5.41, 5.74) is 2.15. The highest BCUT2D eigenvalue weighted by Crippen LogP contribution is 2.28. The second-order valence-electron chi connectivity index (χ2n) is 4.82. The smallest absolute Gasteiger partial charge is 0.0714 e. The third-order valence-electron chi connectivity index (χ3n) is 3.59. The van der Waals surface area contributed by atoms with E-state index in [0.29, 0.717) is 0 Å². The van der Waals surface area contributed by atoms with Gasteiger partial charge in [0, 0.05) is 34.9 Å². The van der Waals surface area contributed by atoms with E-state index in [9.17, 15) is 0 Å². The number of nitrogens with zero attached hydrogens (tertiary/aromatic N) is 2. The normalized spacial score (nSPS) is 11.0. The topological polar surface area (TPSA) is 25.8 Å². The van der Waals surface area contributed by atoms with Gasteiger partial charge >= 0.3 is 0 Å². The van der Waals surface area contributed by atoms with Crippen LogP contribution < -0.4 is 0 Å². The van der Waals surface area contributed by atoms with Gasteiger partial charge in [-0.25, -0.2) is 0 Å². The van der Waals surface area contributed by atoms with Crippen molar-refractivity contribution in [2.45, 2.75) is 0 Å². The molecule has 4 rings (SSSR count). The molecule has 2 heteroatoms. The number of hydrogen-bond donors (Lipinski definition) is 0. The van der Waals surface area contributed by atoms with Gasteiger partial charge in [0.2, 0.25) is 0 Å². The van der Waals surface area contributed by atoms with Crippen LogP contribution in [0.5, 0.6) is 0 Å². The number of aromatic nitrogens is 2. The Morgan fingerprint density at radius 3 is 2.50 bits per heavy atom. The summed E-state index contributed by atoms with van der Waals surface area (Å²) in [4.78, 5) is 8.78. The molecule has 0 aliphatic heterocycles. The summed E-state index contributed by atoms with van der Waals surface area (Å²) in [5, 5.41) is 4.70. The minimum atomic E-state index is 1.00. The van der Waals surface area contributed by atoms with Crippen LogP contribution in [0.15, 0.2) is 73.2 Å². The van der Waals surface area contributed by atoms with Crippen molar-refractivity contribution >= 4 is 21.5 Å². The van der Waals surface area contributed by atoms with E-state index < -0.39 is 0 Å². The molecule has 0 aliphatic rings. The van der Waals surface area contributed by atoms with E-state index in [1.165, 1.54) is 10.8 Å². The van der Waals surface area contributed by atoms with Gasteiger partial charge in [0.15, 0.2) is 0 Å². The Labute approximate surface area is 116 Å². The summed E-state index contributed by atoms with van der Waals surface area (Å²) in [6.07, 6.45) is 5.65. The van der Waals surface area contributed by atoms with E-state index in [1.807, 2.05) is 30.7 Å². The minimum Gasteiger partial charge on any atom is -0.264 e. The first kappa shape index (κ1) is 11.1. The van der Waals surface area contributed by atoms with E-state index in [0.717, 1.165) is 22.0 Å². The Hall–Kier alpha value is -2.74. The second-order valence-corrected chi connectivity index (χ2v) is 4.82. The minimum absolute atomic E-state index is 1.00. The lowest BCUT2D eigenvalue weighted by molar-refractivity contribution is 1.35. The van der Waals surface area contributed by atoms with Crippen molar-refractivity contribution in [3.63, 3.8) is 0 Å². The fourth-order valence-electron chi connectivity index (χ4n) is 2.58. The zero-order valence-corrected chi connectivity index (χ0v) is 10.8. The predicted molar refractivity (Wildman–Crippen MR) is 82.5 cm³/mol. The number of hydrogen-bond acceptors (Lipinski definition) is 2. The molecule has 0 atom stereocenters. The largest absolute Gasteiger partial charge is 0.264 e. The molecule has 0 fully saturated rings. The van der Waals surface area contributed by atoms with Crippen LogP contribution >= 0.6 is 0 Å². The molecular weight excluding hydrogens is 244 g/mol. The van der Waals surface area contributed by atoms with Gasteiger partial charge in [-0.15, -0.1) is 0 Å². The van der Waals surface area contributed by atoms with Gasteiger partial charge in [-0.05, 0) is 22.9 Å². The van der Waals surface area contributed by atoms with E-state index in [2.05, 4.69) is 52.4 Å². The third kappa shape index (κ3) is 1.74. The monoisotopic (exact) mass is 256 g/mol. The van der Waals surface area contributed by atoms with Crippen molar-refractivity contribution in [2.24, 2.45) is 0 Å².